The molecule has 2 atom stereocenters. The zero-order valence-corrected chi connectivity index (χ0v) is 12.1. The van der Waals surface area contributed by atoms with Crippen molar-refractivity contribution in [1.82, 2.24) is 10.2 Å². The van der Waals surface area contributed by atoms with E-state index in [1.54, 1.807) is 0 Å². The van der Waals surface area contributed by atoms with Crippen molar-refractivity contribution >= 4 is 0 Å². The second-order valence-corrected chi connectivity index (χ2v) is 5.17. The molecule has 0 aliphatic heterocycles. The van der Waals surface area contributed by atoms with Gasteiger partial charge >= 0.3 is 0 Å². The van der Waals surface area contributed by atoms with E-state index in [4.69, 9.17) is 0 Å². The van der Waals surface area contributed by atoms with Crippen molar-refractivity contribution in [2.24, 2.45) is 5.92 Å². The molecular formula is C14H32N2. The molecule has 0 rings (SSSR count). The molecule has 98 valence electrons. The molecule has 2 unspecified atom stereocenters. The monoisotopic (exact) mass is 228 g/mol. The number of nitrogens with zero attached hydrogens (tertiary/aromatic N) is 1. The van der Waals surface area contributed by atoms with Crippen molar-refractivity contribution in [1.29, 1.82) is 0 Å². The molecule has 0 bridgehead atoms. The molecule has 0 heterocycles. The lowest BCUT2D eigenvalue weighted by Crippen LogP contribution is -2.41. The van der Waals surface area contributed by atoms with E-state index in [0.29, 0.717) is 6.04 Å². The first-order chi connectivity index (χ1) is 7.63. The summed E-state index contributed by atoms with van der Waals surface area (Å²) in [6.07, 6.45) is 5.09. The van der Waals surface area contributed by atoms with Gasteiger partial charge < -0.3 is 10.2 Å². The van der Waals surface area contributed by atoms with Gasteiger partial charge in [-0.05, 0) is 32.4 Å². The topological polar surface area (TPSA) is 15.3 Å². The smallest absolute Gasteiger partial charge is 0.0194 e. The second-order valence-electron chi connectivity index (χ2n) is 5.17. The number of nitrogens with one attached hydrogen (secondary N) is 1. The summed E-state index contributed by atoms with van der Waals surface area (Å²) >= 11 is 0. The SMILES string of the molecule is CCCNC(CCC)CN(C)CC(C)CC. The van der Waals surface area contributed by atoms with Gasteiger partial charge in [-0.1, -0.05) is 40.5 Å². The van der Waals surface area contributed by atoms with Crippen molar-refractivity contribution in [2.45, 2.75) is 59.4 Å². The van der Waals surface area contributed by atoms with Crippen LogP contribution in [0.3, 0.4) is 0 Å². The van der Waals surface area contributed by atoms with Gasteiger partial charge in [-0.15, -0.1) is 0 Å². The van der Waals surface area contributed by atoms with E-state index in [0.717, 1.165) is 12.5 Å². The normalized spacial score (nSPS) is 15.4. The Balaban J connectivity index is 3.86. The Hall–Kier alpha value is -0.0800. The van der Waals surface area contributed by atoms with E-state index in [2.05, 4.69) is 45.0 Å². The van der Waals surface area contributed by atoms with Gasteiger partial charge in [0.05, 0.1) is 0 Å². The molecule has 0 amide bonds. The highest BCUT2D eigenvalue weighted by Crippen LogP contribution is 2.05. The summed E-state index contributed by atoms with van der Waals surface area (Å²) in [5.41, 5.74) is 0. The molecule has 16 heavy (non-hydrogen) atoms. The summed E-state index contributed by atoms with van der Waals surface area (Å²) in [5.74, 6) is 0.818. The second kappa shape index (κ2) is 10.1. The Morgan fingerprint density at radius 1 is 1.06 bits per heavy atom. The Kier molecular flexibility index (Phi) is 10.0. The summed E-state index contributed by atoms with van der Waals surface area (Å²) in [5, 5.41) is 3.65. The average Bonchev–Trinajstić information content (AvgIpc) is 2.25. The van der Waals surface area contributed by atoms with Crippen molar-refractivity contribution in [3.8, 4) is 0 Å². The Morgan fingerprint density at radius 3 is 2.25 bits per heavy atom. The number of likely N-dealkylation sites (N-methyl/N-ethyl adjacent to an activating group) is 1. The van der Waals surface area contributed by atoms with Crippen LogP contribution in [0.1, 0.15) is 53.4 Å². The molecule has 0 aromatic heterocycles. The molecule has 0 aliphatic carbocycles. The lowest BCUT2D eigenvalue weighted by Gasteiger charge is -2.26. The first kappa shape index (κ1) is 15.9. The minimum absolute atomic E-state index is 0.680. The maximum Gasteiger partial charge on any atom is 0.0194 e. The molecule has 0 radical (unpaired) electrons. The van der Waals surface area contributed by atoms with Crippen LogP contribution in [0.2, 0.25) is 0 Å². The molecule has 0 aromatic carbocycles. The van der Waals surface area contributed by atoms with Crippen LogP contribution < -0.4 is 5.32 Å². The molecule has 0 spiro atoms. The van der Waals surface area contributed by atoms with E-state index in [9.17, 15) is 0 Å². The molecule has 0 aliphatic rings. The fourth-order valence-corrected chi connectivity index (χ4v) is 2.07. The summed E-state index contributed by atoms with van der Waals surface area (Å²) in [6, 6.07) is 0.680. The van der Waals surface area contributed by atoms with E-state index >= 15 is 0 Å². The maximum atomic E-state index is 3.65. The first-order valence-corrected chi connectivity index (χ1v) is 7.05. The van der Waals surface area contributed by atoms with Gasteiger partial charge in [-0.25, -0.2) is 0 Å². The predicted octanol–water partition coefficient (Wildman–Crippen LogP) is 3.13. The third-order valence-electron chi connectivity index (χ3n) is 3.17. The Morgan fingerprint density at radius 2 is 1.75 bits per heavy atom. The van der Waals surface area contributed by atoms with E-state index in [-0.39, 0.29) is 0 Å². The summed E-state index contributed by atoms with van der Waals surface area (Å²) in [7, 11) is 2.25. The third kappa shape index (κ3) is 8.12. The van der Waals surface area contributed by atoms with Crippen molar-refractivity contribution in [3.63, 3.8) is 0 Å². The molecule has 1 N–H and O–H groups in total. The zero-order chi connectivity index (χ0) is 12.4. The molecular weight excluding hydrogens is 196 g/mol. The fraction of sp³-hybridized carbons (Fsp3) is 1.00. The maximum absolute atomic E-state index is 3.65. The van der Waals surface area contributed by atoms with Gasteiger partial charge in [0.15, 0.2) is 0 Å². The summed E-state index contributed by atoms with van der Waals surface area (Å²) in [4.78, 5) is 2.48. The molecule has 0 saturated heterocycles. The third-order valence-corrected chi connectivity index (χ3v) is 3.17. The number of rotatable bonds is 10. The van der Waals surface area contributed by atoms with Crippen LogP contribution >= 0.6 is 0 Å². The molecule has 2 nitrogen and oxygen atoms in total. The first-order valence-electron chi connectivity index (χ1n) is 7.05. The van der Waals surface area contributed by atoms with Gasteiger partial charge in [0.1, 0.15) is 0 Å². The Labute approximate surface area is 103 Å². The van der Waals surface area contributed by atoms with Crippen molar-refractivity contribution in [2.75, 3.05) is 26.7 Å². The lowest BCUT2D eigenvalue weighted by molar-refractivity contribution is 0.246. The minimum Gasteiger partial charge on any atom is -0.313 e. The van der Waals surface area contributed by atoms with Gasteiger partial charge in [0.25, 0.3) is 0 Å². The van der Waals surface area contributed by atoms with Crippen LogP contribution in [0.5, 0.6) is 0 Å². The van der Waals surface area contributed by atoms with E-state index < -0.39 is 0 Å². The van der Waals surface area contributed by atoms with Gasteiger partial charge in [-0.3, -0.25) is 0 Å². The highest BCUT2D eigenvalue weighted by Gasteiger charge is 2.11. The Bertz CT molecular complexity index is 148. The van der Waals surface area contributed by atoms with Crippen LogP contribution in [0.15, 0.2) is 0 Å². The number of hydrogen-bond acceptors (Lipinski definition) is 2. The molecule has 2 heteroatoms. The predicted molar refractivity (Wildman–Crippen MR) is 73.9 cm³/mol. The van der Waals surface area contributed by atoms with Crippen LogP contribution in [0, 0.1) is 5.92 Å². The summed E-state index contributed by atoms with van der Waals surface area (Å²) < 4.78 is 0. The van der Waals surface area contributed by atoms with Gasteiger partial charge in [0.2, 0.25) is 0 Å². The average molecular weight is 228 g/mol. The largest absolute Gasteiger partial charge is 0.313 e. The van der Waals surface area contributed by atoms with Crippen LogP contribution in [-0.2, 0) is 0 Å². The van der Waals surface area contributed by atoms with Crippen LogP contribution in [0.25, 0.3) is 0 Å². The quantitative estimate of drug-likeness (QED) is 0.618. The number of hydrogen-bond donors (Lipinski definition) is 1. The highest BCUT2D eigenvalue weighted by molar-refractivity contribution is 4.71. The molecule has 0 saturated carbocycles. The van der Waals surface area contributed by atoms with Crippen LogP contribution in [-0.4, -0.2) is 37.6 Å². The van der Waals surface area contributed by atoms with Crippen molar-refractivity contribution < 1.29 is 0 Å². The summed E-state index contributed by atoms with van der Waals surface area (Å²) in [6.45, 7) is 12.7. The van der Waals surface area contributed by atoms with E-state index in [1.165, 1.54) is 38.8 Å². The lowest BCUT2D eigenvalue weighted by atomic mass is 10.1. The standard InChI is InChI=1S/C14H32N2/c1-6-9-14(15-10-7-2)12-16(5)11-13(4)8-3/h13-15H,6-12H2,1-5H3. The van der Waals surface area contributed by atoms with Crippen molar-refractivity contribution in [3.05, 3.63) is 0 Å². The van der Waals surface area contributed by atoms with Gasteiger partial charge in [0, 0.05) is 19.1 Å². The van der Waals surface area contributed by atoms with Crippen LogP contribution in [0.4, 0.5) is 0 Å². The van der Waals surface area contributed by atoms with E-state index in [1.807, 2.05) is 0 Å². The molecule has 0 aromatic rings. The van der Waals surface area contributed by atoms with Gasteiger partial charge in [-0.2, -0.15) is 0 Å². The zero-order valence-electron chi connectivity index (χ0n) is 12.1. The fourth-order valence-electron chi connectivity index (χ4n) is 2.07. The highest BCUT2D eigenvalue weighted by atomic mass is 15.1. The molecule has 0 fully saturated rings. The minimum atomic E-state index is 0.680.